The minimum atomic E-state index is 0.00997. The van der Waals surface area contributed by atoms with Crippen LogP contribution in [0, 0.1) is 5.92 Å². The zero-order chi connectivity index (χ0) is 29.3. The molecule has 7 nitrogen and oxygen atoms in total. The summed E-state index contributed by atoms with van der Waals surface area (Å²) in [5, 5.41) is 4.23. The summed E-state index contributed by atoms with van der Waals surface area (Å²) < 4.78 is 5.45. The summed E-state index contributed by atoms with van der Waals surface area (Å²) in [4.78, 5) is 33.4. The molecule has 3 rings (SSSR count). The Bertz CT molecular complexity index is 875. The summed E-state index contributed by atoms with van der Waals surface area (Å²) >= 11 is 0. The SMILES string of the molecule is CC(C)/C(=N/OCC(=O)N(C)C1CCCCC1)c1ccccc1.CC(C)OCCCC(=O)N(C)C1CCCCC1. The number of hydrogen-bond acceptors (Lipinski definition) is 5. The molecule has 2 saturated carbocycles. The maximum absolute atomic E-state index is 12.3. The molecule has 0 N–H and O–H groups in total. The van der Waals surface area contributed by atoms with Crippen molar-refractivity contribution in [1.82, 2.24) is 9.80 Å². The van der Waals surface area contributed by atoms with Gasteiger partial charge in [0.05, 0.1) is 11.8 Å². The third-order valence-electron chi connectivity index (χ3n) is 7.99. The number of rotatable bonds is 12. The number of amides is 2. The van der Waals surface area contributed by atoms with E-state index in [-0.39, 0.29) is 30.4 Å². The maximum Gasteiger partial charge on any atom is 0.263 e. The molecule has 0 radical (unpaired) electrons. The van der Waals surface area contributed by atoms with Gasteiger partial charge in [-0.25, -0.2) is 0 Å². The van der Waals surface area contributed by atoms with E-state index in [1.807, 2.05) is 68.1 Å². The summed E-state index contributed by atoms with van der Waals surface area (Å²) in [6, 6.07) is 10.8. The first-order chi connectivity index (χ1) is 19.2. The average molecular weight is 558 g/mol. The van der Waals surface area contributed by atoms with Crippen LogP contribution in [0.4, 0.5) is 0 Å². The Balaban J connectivity index is 0.000000294. The molecule has 2 amide bonds. The fourth-order valence-electron chi connectivity index (χ4n) is 5.42. The lowest BCUT2D eigenvalue weighted by Crippen LogP contribution is -2.40. The quantitative estimate of drug-likeness (QED) is 0.160. The molecule has 0 bridgehead atoms. The molecule has 0 atom stereocenters. The number of likely N-dealkylation sites (N-methyl/N-ethyl adjacent to an activating group) is 1. The first-order valence-corrected chi connectivity index (χ1v) is 15.6. The van der Waals surface area contributed by atoms with Gasteiger partial charge in [-0.05, 0) is 57.4 Å². The monoisotopic (exact) mass is 557 g/mol. The largest absolute Gasteiger partial charge is 0.385 e. The van der Waals surface area contributed by atoms with E-state index in [4.69, 9.17) is 9.57 Å². The van der Waals surface area contributed by atoms with Crippen molar-refractivity contribution in [3.8, 4) is 0 Å². The van der Waals surface area contributed by atoms with Crippen molar-refractivity contribution in [2.75, 3.05) is 27.3 Å². The highest BCUT2D eigenvalue weighted by Gasteiger charge is 2.23. The highest BCUT2D eigenvalue weighted by atomic mass is 16.6. The average Bonchev–Trinajstić information content (AvgIpc) is 2.98. The molecule has 2 aliphatic carbocycles. The standard InChI is InChI=1S/C19H28N2O2.C14H27NO2/c1-15(2)19(16-10-6-4-7-11-16)20-23-14-18(22)21(3)17-12-8-5-9-13-17;1-12(2)17-11-7-10-14(16)15(3)13-8-5-4-6-9-13/h4,6-7,10-11,15,17H,5,8-9,12-14H2,1-3H3;12-13H,4-11H2,1-3H3/b20-19-;. The minimum absolute atomic E-state index is 0.00997. The van der Waals surface area contributed by atoms with Gasteiger partial charge in [-0.1, -0.05) is 87.9 Å². The molecule has 0 spiro atoms. The highest BCUT2D eigenvalue weighted by Crippen LogP contribution is 2.23. The van der Waals surface area contributed by atoms with E-state index in [9.17, 15) is 9.59 Å². The lowest BCUT2D eigenvalue weighted by atomic mass is 9.94. The van der Waals surface area contributed by atoms with E-state index >= 15 is 0 Å². The van der Waals surface area contributed by atoms with Crippen LogP contribution in [0.25, 0.3) is 0 Å². The summed E-state index contributed by atoms with van der Waals surface area (Å²) in [5.74, 6) is 0.532. The van der Waals surface area contributed by atoms with Crippen LogP contribution in [0.15, 0.2) is 35.5 Å². The number of nitrogens with zero attached hydrogens (tertiary/aromatic N) is 3. The van der Waals surface area contributed by atoms with Crippen LogP contribution in [-0.2, 0) is 19.2 Å². The normalized spacial score (nSPS) is 16.9. The second-order valence-corrected chi connectivity index (χ2v) is 11.9. The Morgan fingerprint density at radius 2 is 1.35 bits per heavy atom. The van der Waals surface area contributed by atoms with Crippen molar-refractivity contribution in [3.05, 3.63) is 35.9 Å². The zero-order valence-electron chi connectivity index (χ0n) is 26.1. The van der Waals surface area contributed by atoms with E-state index in [0.717, 1.165) is 30.5 Å². The molecule has 2 fully saturated rings. The Morgan fingerprint density at radius 1 is 0.825 bits per heavy atom. The number of carbonyl (C=O) groups is 2. The van der Waals surface area contributed by atoms with Gasteiger partial charge in [-0.2, -0.15) is 0 Å². The molecule has 0 saturated heterocycles. The van der Waals surface area contributed by atoms with Gasteiger partial charge in [0.15, 0.2) is 6.61 Å². The minimum Gasteiger partial charge on any atom is -0.385 e. The second kappa shape index (κ2) is 18.8. The Hall–Kier alpha value is -2.41. The van der Waals surface area contributed by atoms with Crippen LogP contribution in [0.2, 0.25) is 0 Å². The summed E-state index contributed by atoms with van der Waals surface area (Å²) in [7, 11) is 3.84. The van der Waals surface area contributed by atoms with Crippen molar-refractivity contribution >= 4 is 17.5 Å². The van der Waals surface area contributed by atoms with Gasteiger partial charge in [-0.3, -0.25) is 9.59 Å². The lowest BCUT2D eigenvalue weighted by molar-refractivity contribution is -0.137. The molecule has 0 aliphatic heterocycles. The molecule has 1 aromatic rings. The van der Waals surface area contributed by atoms with Crippen molar-refractivity contribution < 1.29 is 19.2 Å². The molecule has 7 heteroatoms. The van der Waals surface area contributed by atoms with Crippen molar-refractivity contribution in [1.29, 1.82) is 0 Å². The third-order valence-corrected chi connectivity index (χ3v) is 7.99. The van der Waals surface area contributed by atoms with Crippen molar-refractivity contribution in [3.63, 3.8) is 0 Å². The molecule has 1 aromatic carbocycles. The second-order valence-electron chi connectivity index (χ2n) is 11.9. The number of oxime groups is 1. The van der Waals surface area contributed by atoms with Crippen LogP contribution in [0.3, 0.4) is 0 Å². The van der Waals surface area contributed by atoms with Crippen LogP contribution in [-0.4, -0.2) is 72.8 Å². The highest BCUT2D eigenvalue weighted by molar-refractivity contribution is 6.01. The zero-order valence-corrected chi connectivity index (χ0v) is 26.1. The van der Waals surface area contributed by atoms with Gasteiger partial charge in [0.25, 0.3) is 5.91 Å². The molecule has 2 aliphatic rings. The first-order valence-electron chi connectivity index (χ1n) is 15.6. The number of carbonyl (C=O) groups excluding carboxylic acids is 2. The van der Waals surface area contributed by atoms with Gasteiger partial charge in [0.2, 0.25) is 5.91 Å². The lowest BCUT2D eigenvalue weighted by Gasteiger charge is -2.31. The third kappa shape index (κ3) is 12.4. The van der Waals surface area contributed by atoms with Crippen molar-refractivity contribution in [2.24, 2.45) is 11.1 Å². The molecule has 0 aromatic heterocycles. The molecular weight excluding hydrogens is 502 g/mol. The summed E-state index contributed by atoms with van der Waals surface area (Å²) in [6.07, 6.45) is 13.9. The van der Waals surface area contributed by atoms with E-state index in [0.29, 0.717) is 25.1 Å². The van der Waals surface area contributed by atoms with E-state index in [1.54, 1.807) is 0 Å². The predicted molar refractivity (Wildman–Crippen MR) is 163 cm³/mol. The molecule has 226 valence electrons. The fraction of sp³-hybridized carbons (Fsp3) is 0.727. The van der Waals surface area contributed by atoms with E-state index < -0.39 is 0 Å². The Labute approximate surface area is 243 Å². The van der Waals surface area contributed by atoms with Crippen LogP contribution in [0.5, 0.6) is 0 Å². The Morgan fingerprint density at radius 3 is 1.85 bits per heavy atom. The molecule has 0 unspecified atom stereocenters. The van der Waals surface area contributed by atoms with Gasteiger partial charge >= 0.3 is 0 Å². The molecule has 40 heavy (non-hydrogen) atoms. The number of ether oxygens (including phenoxy) is 1. The van der Waals surface area contributed by atoms with Crippen LogP contribution in [0.1, 0.15) is 110 Å². The molecule has 0 heterocycles. The smallest absolute Gasteiger partial charge is 0.263 e. The van der Waals surface area contributed by atoms with Crippen molar-refractivity contribution in [2.45, 2.75) is 123 Å². The van der Waals surface area contributed by atoms with Gasteiger partial charge in [0, 0.05) is 39.2 Å². The molecular formula is C33H55N3O4. The number of benzene rings is 1. The summed E-state index contributed by atoms with van der Waals surface area (Å²) in [6.45, 7) is 8.90. The number of hydrogen-bond donors (Lipinski definition) is 0. The first kappa shape index (κ1) is 33.8. The van der Waals surface area contributed by atoms with Gasteiger partial charge < -0.3 is 19.4 Å². The van der Waals surface area contributed by atoms with Crippen LogP contribution >= 0.6 is 0 Å². The van der Waals surface area contributed by atoms with E-state index in [1.165, 1.54) is 51.4 Å². The fourth-order valence-corrected chi connectivity index (χ4v) is 5.42. The van der Waals surface area contributed by atoms with Gasteiger partial charge in [0.1, 0.15) is 0 Å². The van der Waals surface area contributed by atoms with Gasteiger partial charge in [-0.15, -0.1) is 0 Å². The van der Waals surface area contributed by atoms with Crippen LogP contribution < -0.4 is 0 Å². The maximum atomic E-state index is 12.3. The van der Waals surface area contributed by atoms with E-state index in [2.05, 4.69) is 19.0 Å². The Kier molecular flexibility index (Phi) is 15.9. The summed E-state index contributed by atoms with van der Waals surface area (Å²) in [5.41, 5.74) is 1.91. The predicted octanol–water partition coefficient (Wildman–Crippen LogP) is 6.84. The topological polar surface area (TPSA) is 71.4 Å².